The molecule has 1 aliphatic rings. The molecule has 0 aromatic carbocycles. The van der Waals surface area contributed by atoms with Crippen LogP contribution in [0.3, 0.4) is 0 Å². The molecule has 6 N–H and O–H groups in total. The predicted molar refractivity (Wildman–Crippen MR) is 201 cm³/mol. The minimum absolute atomic E-state index is 0.00177. The van der Waals surface area contributed by atoms with Crippen molar-refractivity contribution in [1.29, 1.82) is 0 Å². The van der Waals surface area contributed by atoms with Gasteiger partial charge >= 0.3 is 0 Å². The molecular formula is C31H48N7O17P3S-4. The average molecular weight is 916 g/mol. The zero-order chi connectivity index (χ0) is 44.0. The minimum Gasteiger partial charge on any atom is -0.790 e. The smallest absolute Gasteiger partial charge is 0.274 e. The number of phosphoric acid groups is 3. The lowest BCUT2D eigenvalue weighted by Gasteiger charge is -2.36. The van der Waals surface area contributed by atoms with Crippen molar-refractivity contribution >= 4 is 69.1 Å². The molecule has 2 aromatic rings. The van der Waals surface area contributed by atoms with E-state index < -0.39 is 84.6 Å². The van der Waals surface area contributed by atoms with Crippen LogP contribution in [0.25, 0.3) is 11.2 Å². The number of aliphatic hydroxyl groups excluding tert-OH is 2. The van der Waals surface area contributed by atoms with E-state index >= 15 is 0 Å². The third-order valence-corrected chi connectivity index (χ3v) is 12.3. The summed E-state index contributed by atoms with van der Waals surface area (Å²) in [4.78, 5) is 96.2. The highest BCUT2D eigenvalue weighted by molar-refractivity contribution is 8.13. The largest absolute Gasteiger partial charge is 0.790 e. The van der Waals surface area contributed by atoms with Crippen LogP contribution in [0.4, 0.5) is 5.82 Å². The van der Waals surface area contributed by atoms with Crippen molar-refractivity contribution in [2.24, 2.45) is 5.41 Å². The van der Waals surface area contributed by atoms with Crippen LogP contribution in [0.2, 0.25) is 0 Å². The van der Waals surface area contributed by atoms with E-state index in [2.05, 4.69) is 56.5 Å². The first-order valence-electron chi connectivity index (χ1n) is 18.2. The second kappa shape index (κ2) is 22.9. The molecule has 0 aliphatic carbocycles. The first-order valence-corrected chi connectivity index (χ1v) is 23.5. The Labute approximate surface area is 343 Å². The zero-order valence-electron chi connectivity index (χ0n) is 32.3. The fraction of sp³-hybridized carbons (Fsp3) is 0.677. The van der Waals surface area contributed by atoms with Gasteiger partial charge in [-0.2, -0.15) is 0 Å². The number of allylic oxidation sites excluding steroid dienone is 2. The Morgan fingerprint density at radius 2 is 1.73 bits per heavy atom. The molecule has 2 unspecified atom stereocenters. The van der Waals surface area contributed by atoms with Crippen LogP contribution in [0.15, 0.2) is 24.8 Å². The number of phosphoric ester groups is 3. The molecule has 0 radical (unpaired) electrons. The number of hydrogen-bond donors (Lipinski definition) is 5. The Kier molecular flexibility index (Phi) is 19.7. The molecule has 7 atom stereocenters. The van der Waals surface area contributed by atoms with Crippen LogP contribution in [0, 0.1) is 5.41 Å². The molecule has 2 amide bonds. The van der Waals surface area contributed by atoms with Gasteiger partial charge in [0.1, 0.15) is 36.3 Å². The summed E-state index contributed by atoms with van der Waals surface area (Å²) in [7, 11) is -17.6. The molecule has 24 nitrogen and oxygen atoms in total. The van der Waals surface area contributed by atoms with Gasteiger partial charge in [-0.1, -0.05) is 57.5 Å². The number of anilines is 1. The maximum atomic E-state index is 12.6. The van der Waals surface area contributed by atoms with Gasteiger partial charge in [-0.3, -0.25) is 28.1 Å². The lowest BCUT2D eigenvalue weighted by atomic mass is 9.87. The topological polar surface area (TPSA) is 375 Å². The van der Waals surface area contributed by atoms with Crippen molar-refractivity contribution in [3.8, 4) is 0 Å². The lowest BCUT2D eigenvalue weighted by Crippen LogP contribution is -2.46. The number of carbonyl (C=O) groups is 3. The van der Waals surface area contributed by atoms with Crippen molar-refractivity contribution in [3.63, 3.8) is 0 Å². The molecule has 0 saturated carbocycles. The number of carbonyl (C=O) groups excluding carboxylic acids is 3. The van der Waals surface area contributed by atoms with E-state index in [0.29, 0.717) is 18.6 Å². The van der Waals surface area contributed by atoms with Gasteiger partial charge in [-0.25, -0.2) is 19.3 Å². The second-order valence-corrected chi connectivity index (χ2v) is 18.9. The first kappa shape index (κ1) is 50.7. The van der Waals surface area contributed by atoms with Crippen LogP contribution in [0.5, 0.6) is 0 Å². The number of nitrogens with two attached hydrogens (primary N) is 1. The summed E-state index contributed by atoms with van der Waals surface area (Å²) in [6.07, 6.45) is 1.93. The number of rotatable bonds is 26. The number of fused-ring (bicyclic) bond motifs is 1. The third-order valence-electron chi connectivity index (χ3n) is 8.40. The highest BCUT2D eigenvalue weighted by Gasteiger charge is 2.47. The molecular weight excluding hydrogens is 867 g/mol. The number of aromatic nitrogens is 4. The maximum absolute atomic E-state index is 12.6. The fourth-order valence-electron chi connectivity index (χ4n) is 5.29. The number of nitrogen functional groups attached to an aromatic ring is 1. The van der Waals surface area contributed by atoms with E-state index in [1.165, 1.54) is 20.3 Å². The third kappa shape index (κ3) is 16.9. The summed E-state index contributed by atoms with van der Waals surface area (Å²) in [6, 6.07) is 0. The van der Waals surface area contributed by atoms with Crippen molar-refractivity contribution in [2.75, 3.05) is 37.8 Å². The van der Waals surface area contributed by atoms with Gasteiger partial charge in [0.15, 0.2) is 22.8 Å². The molecule has 1 aliphatic heterocycles. The number of nitrogens with one attached hydrogen (secondary N) is 2. The van der Waals surface area contributed by atoms with Crippen molar-refractivity contribution in [2.45, 2.75) is 96.4 Å². The van der Waals surface area contributed by atoms with Gasteiger partial charge < -0.3 is 69.0 Å². The number of imidazole rings is 1. The molecule has 0 bridgehead atoms. The number of hydrogen-bond acceptors (Lipinski definition) is 22. The Balaban J connectivity index is 1.43. The number of unbranched alkanes of at least 4 members (excludes halogenated alkanes) is 3. The number of amides is 2. The molecule has 2 aromatic heterocycles. The molecule has 3 rings (SSSR count). The highest BCUT2D eigenvalue weighted by atomic mass is 32.2. The van der Waals surface area contributed by atoms with Gasteiger partial charge in [0.25, 0.3) is 15.6 Å². The van der Waals surface area contributed by atoms with E-state index in [4.69, 9.17) is 10.5 Å². The first-order chi connectivity index (χ1) is 27.6. The Morgan fingerprint density at radius 1 is 1.03 bits per heavy atom. The molecule has 3 heterocycles. The van der Waals surface area contributed by atoms with Gasteiger partial charge in [0, 0.05) is 37.1 Å². The van der Waals surface area contributed by atoms with Crippen molar-refractivity contribution in [1.82, 2.24) is 30.2 Å². The number of nitrogens with zero attached hydrogens (tertiary/aromatic N) is 4. The zero-order valence-corrected chi connectivity index (χ0v) is 35.8. The maximum Gasteiger partial charge on any atom is 0.274 e. The van der Waals surface area contributed by atoms with Crippen molar-refractivity contribution in [3.05, 3.63) is 24.8 Å². The van der Waals surface area contributed by atoms with Crippen LogP contribution < -0.4 is 35.9 Å². The van der Waals surface area contributed by atoms with Crippen LogP contribution >= 0.6 is 35.2 Å². The number of thioether (sulfide) groups is 1. The Hall–Kier alpha value is -2.70. The van der Waals surface area contributed by atoms with E-state index in [9.17, 15) is 57.9 Å². The molecule has 334 valence electrons. The molecule has 0 spiro atoms. The second-order valence-electron chi connectivity index (χ2n) is 13.7. The molecule has 1 fully saturated rings. The average Bonchev–Trinajstić information content (AvgIpc) is 3.71. The Morgan fingerprint density at radius 3 is 2.42 bits per heavy atom. The van der Waals surface area contributed by atoms with Crippen LogP contribution in [-0.4, -0.2) is 103 Å². The van der Waals surface area contributed by atoms with E-state index in [1.807, 2.05) is 6.08 Å². The molecule has 59 heavy (non-hydrogen) atoms. The summed E-state index contributed by atoms with van der Waals surface area (Å²) in [5, 5.41) is 26.3. The van der Waals surface area contributed by atoms with Gasteiger partial charge in [-0.15, -0.1) is 0 Å². The van der Waals surface area contributed by atoms with Crippen molar-refractivity contribution < 1.29 is 80.5 Å². The number of aliphatic hydroxyl groups is 2. The van der Waals surface area contributed by atoms with Gasteiger partial charge in [0.2, 0.25) is 11.8 Å². The monoisotopic (exact) mass is 915 g/mol. The van der Waals surface area contributed by atoms with E-state index in [0.717, 1.165) is 48.2 Å². The fourth-order valence-corrected chi connectivity index (χ4v) is 8.72. The quantitative estimate of drug-likeness (QED) is 0.0431. The van der Waals surface area contributed by atoms with Gasteiger partial charge in [-0.05, 0) is 19.3 Å². The minimum atomic E-state index is -5.91. The molecule has 28 heteroatoms. The normalized spacial score (nSPS) is 21.3. The summed E-state index contributed by atoms with van der Waals surface area (Å²) < 4.78 is 60.6. The van der Waals surface area contributed by atoms with E-state index in [1.54, 1.807) is 0 Å². The highest BCUT2D eigenvalue weighted by Crippen LogP contribution is 2.56. The van der Waals surface area contributed by atoms with Crippen LogP contribution in [0.1, 0.15) is 71.9 Å². The SMILES string of the molecule is CCCCC/C=C\CCC(=O)SCCNC(=O)CCNC(=O)[C@H](O)C(C)(C)COP(=O)([O-])OP(=O)([O-])OC[C@H]1O[C@@H](n2cnc3c(N)ncnc32)[C@H](O)[C@@H]1OP(=O)([O-])[O-]. The predicted octanol–water partition coefficient (Wildman–Crippen LogP) is -0.947. The Bertz CT molecular complexity index is 1900. The van der Waals surface area contributed by atoms with Crippen LogP contribution in [-0.2, 0) is 50.7 Å². The summed E-state index contributed by atoms with van der Waals surface area (Å²) in [5.41, 5.74) is 4.08. The summed E-state index contributed by atoms with van der Waals surface area (Å²) in [5.74, 6) is -1.18. The van der Waals surface area contributed by atoms with E-state index in [-0.39, 0.29) is 41.6 Å². The molecule has 1 saturated heterocycles. The standard InChI is InChI=1S/C31H52N7O17P3S/c1-4-5-6-7-8-9-10-11-22(40)59-15-14-33-21(39)12-13-34-29(43)26(42)31(2,3)17-52-58(49,50)55-57(47,48)51-16-20-25(54-56(44,45)46)24(41)30(53-20)38-19-37-23-27(32)35-18-36-28(23)38/h8-9,18-20,24-26,30,41-42H,4-7,10-17H2,1-3H3,(H,33,39)(H,34,43)(H,47,48)(H,49,50)(H2,32,35,36)(H2,44,45,46)/p-4/b9-8-/t20-,24-,25-,26+,30-/m1/s1. The lowest BCUT2D eigenvalue weighted by molar-refractivity contribution is -0.347. The summed E-state index contributed by atoms with van der Waals surface area (Å²) in [6.45, 7) is 2.26. The van der Waals surface area contributed by atoms with Gasteiger partial charge in [0.05, 0.1) is 27.4 Å². The number of ether oxygens (including phenoxy) is 1. The summed E-state index contributed by atoms with van der Waals surface area (Å²) >= 11 is 1.10.